The van der Waals surface area contributed by atoms with E-state index < -0.39 is 44.1 Å². The SMILES string of the molecule is CCOc1nc(C(CS(C)(=O)=O)N2C(=O)c3cccc([N+](=O)[O-])c3C2=O)ccc1OC. The van der Waals surface area contributed by atoms with Gasteiger partial charge in [-0.2, -0.15) is 0 Å². The number of carbonyl (C=O) groups is 2. The summed E-state index contributed by atoms with van der Waals surface area (Å²) in [6.07, 6.45) is 0.952. The number of benzene rings is 1. The van der Waals surface area contributed by atoms with Gasteiger partial charge in [-0.15, -0.1) is 0 Å². The number of nitro benzene ring substituents is 1. The van der Waals surface area contributed by atoms with Crippen LogP contribution in [0.5, 0.6) is 11.6 Å². The first-order valence-electron chi connectivity index (χ1n) is 9.09. The van der Waals surface area contributed by atoms with Crippen LogP contribution >= 0.6 is 0 Å². The molecular weight excluding hydrogens is 430 g/mol. The largest absolute Gasteiger partial charge is 0.491 e. The summed E-state index contributed by atoms with van der Waals surface area (Å²) in [7, 11) is -2.30. The first-order chi connectivity index (χ1) is 14.6. The van der Waals surface area contributed by atoms with Crippen LogP contribution in [0.25, 0.3) is 0 Å². The number of rotatable bonds is 8. The van der Waals surface area contributed by atoms with E-state index in [-0.39, 0.29) is 35.1 Å². The van der Waals surface area contributed by atoms with Gasteiger partial charge in [-0.05, 0) is 25.1 Å². The van der Waals surface area contributed by atoms with Crippen LogP contribution in [0.4, 0.5) is 5.69 Å². The van der Waals surface area contributed by atoms with Crippen LogP contribution in [0.1, 0.15) is 39.4 Å². The molecule has 3 rings (SSSR count). The van der Waals surface area contributed by atoms with Crippen molar-refractivity contribution in [2.24, 2.45) is 0 Å². The van der Waals surface area contributed by atoms with Gasteiger partial charge in [-0.25, -0.2) is 13.4 Å². The maximum Gasteiger partial charge on any atom is 0.282 e. The van der Waals surface area contributed by atoms with Gasteiger partial charge in [0.1, 0.15) is 15.4 Å². The van der Waals surface area contributed by atoms with Crippen LogP contribution in [0.3, 0.4) is 0 Å². The number of imide groups is 1. The molecule has 1 aliphatic heterocycles. The topological polar surface area (TPSA) is 146 Å². The van der Waals surface area contributed by atoms with E-state index in [4.69, 9.17) is 9.47 Å². The highest BCUT2D eigenvalue weighted by Gasteiger charge is 2.46. The number of nitrogens with zero attached hydrogens (tertiary/aromatic N) is 3. The van der Waals surface area contributed by atoms with Crippen LogP contribution in [0.15, 0.2) is 30.3 Å². The number of aromatic nitrogens is 1. The summed E-state index contributed by atoms with van der Waals surface area (Å²) in [5.74, 6) is -2.09. The van der Waals surface area contributed by atoms with E-state index in [0.717, 1.165) is 12.3 Å². The van der Waals surface area contributed by atoms with Crippen molar-refractivity contribution in [1.82, 2.24) is 9.88 Å². The molecule has 0 spiro atoms. The number of pyridine rings is 1. The molecule has 0 bridgehead atoms. The van der Waals surface area contributed by atoms with Gasteiger partial charge in [0.2, 0.25) is 0 Å². The zero-order valence-electron chi connectivity index (χ0n) is 16.9. The maximum atomic E-state index is 13.1. The predicted octanol–water partition coefficient (Wildman–Crippen LogP) is 1.78. The lowest BCUT2D eigenvalue weighted by molar-refractivity contribution is -0.385. The Morgan fingerprint density at radius 3 is 2.48 bits per heavy atom. The molecule has 1 atom stereocenters. The summed E-state index contributed by atoms with van der Waals surface area (Å²) in [6.45, 7) is 1.95. The molecule has 0 fully saturated rings. The normalized spacial score (nSPS) is 14.4. The van der Waals surface area contributed by atoms with Crippen molar-refractivity contribution in [2.75, 3.05) is 25.7 Å². The Balaban J connectivity index is 2.16. The fourth-order valence-electron chi connectivity index (χ4n) is 3.32. The lowest BCUT2D eigenvalue weighted by Gasteiger charge is -2.25. The van der Waals surface area contributed by atoms with Crippen molar-refractivity contribution < 1.29 is 32.4 Å². The quantitative estimate of drug-likeness (QED) is 0.334. The number of hydrogen-bond donors (Lipinski definition) is 0. The first-order valence-corrected chi connectivity index (χ1v) is 11.2. The van der Waals surface area contributed by atoms with Crippen molar-refractivity contribution in [3.63, 3.8) is 0 Å². The Morgan fingerprint density at radius 1 is 1.19 bits per heavy atom. The monoisotopic (exact) mass is 449 g/mol. The highest BCUT2D eigenvalue weighted by Crippen LogP contribution is 2.37. The fraction of sp³-hybridized carbons (Fsp3) is 0.316. The number of ether oxygens (including phenoxy) is 2. The van der Waals surface area contributed by atoms with Crippen LogP contribution in [-0.2, 0) is 9.84 Å². The molecule has 2 amide bonds. The number of amides is 2. The standard InChI is InChI=1S/C19H19N3O8S/c1-4-30-17-15(29-2)9-8-12(20-17)14(10-31(3,27)28)21-18(23)11-6-5-7-13(22(25)26)16(11)19(21)24/h5-9,14H,4,10H2,1-3H3. The molecule has 1 aromatic carbocycles. The Labute approximate surface area is 177 Å². The zero-order chi connectivity index (χ0) is 22.9. The number of carbonyl (C=O) groups excluding carboxylic acids is 2. The average Bonchev–Trinajstić information content (AvgIpc) is 2.96. The van der Waals surface area contributed by atoms with E-state index >= 15 is 0 Å². The third-order valence-corrected chi connectivity index (χ3v) is 5.50. The minimum Gasteiger partial charge on any atom is -0.491 e. The fourth-order valence-corrected chi connectivity index (χ4v) is 4.22. The minimum absolute atomic E-state index is 0.0589. The first kappa shape index (κ1) is 22.2. The number of hydrogen-bond acceptors (Lipinski definition) is 9. The molecule has 164 valence electrons. The van der Waals surface area contributed by atoms with E-state index in [9.17, 15) is 28.1 Å². The smallest absolute Gasteiger partial charge is 0.282 e. The Hall–Kier alpha value is -3.54. The van der Waals surface area contributed by atoms with Crippen LogP contribution in [0.2, 0.25) is 0 Å². The van der Waals surface area contributed by atoms with Gasteiger partial charge >= 0.3 is 0 Å². The lowest BCUT2D eigenvalue weighted by Crippen LogP contribution is -2.38. The van der Waals surface area contributed by atoms with Crippen LogP contribution in [-0.4, -0.2) is 60.8 Å². The Morgan fingerprint density at radius 2 is 1.90 bits per heavy atom. The van der Waals surface area contributed by atoms with Crippen molar-refractivity contribution in [2.45, 2.75) is 13.0 Å². The van der Waals surface area contributed by atoms with Crippen molar-refractivity contribution >= 4 is 27.3 Å². The van der Waals surface area contributed by atoms with E-state index in [1.807, 2.05) is 0 Å². The molecule has 0 saturated heterocycles. The van der Waals surface area contributed by atoms with E-state index in [2.05, 4.69) is 4.98 Å². The maximum absolute atomic E-state index is 13.1. The molecule has 1 aromatic heterocycles. The van der Waals surface area contributed by atoms with Crippen molar-refractivity contribution in [3.05, 3.63) is 57.3 Å². The van der Waals surface area contributed by atoms with E-state index in [1.54, 1.807) is 6.92 Å². The molecule has 12 heteroatoms. The minimum atomic E-state index is -3.70. The molecular formula is C19H19N3O8S. The summed E-state index contributed by atoms with van der Waals surface area (Å²) in [6, 6.07) is 5.24. The predicted molar refractivity (Wildman–Crippen MR) is 108 cm³/mol. The van der Waals surface area contributed by atoms with E-state index in [1.165, 1.54) is 31.4 Å². The molecule has 0 radical (unpaired) electrons. The van der Waals surface area contributed by atoms with Crippen LogP contribution in [0, 0.1) is 10.1 Å². The molecule has 2 heterocycles. The van der Waals surface area contributed by atoms with Gasteiger partial charge < -0.3 is 9.47 Å². The van der Waals surface area contributed by atoms with Crippen LogP contribution < -0.4 is 9.47 Å². The molecule has 11 nitrogen and oxygen atoms in total. The summed E-state index contributed by atoms with van der Waals surface area (Å²) in [4.78, 5) is 41.7. The molecule has 31 heavy (non-hydrogen) atoms. The highest BCUT2D eigenvalue weighted by molar-refractivity contribution is 7.90. The molecule has 0 saturated carbocycles. The molecule has 1 unspecified atom stereocenters. The molecule has 0 aliphatic carbocycles. The average molecular weight is 449 g/mol. The highest BCUT2D eigenvalue weighted by atomic mass is 32.2. The summed E-state index contributed by atoms with van der Waals surface area (Å²) < 4.78 is 34.8. The summed E-state index contributed by atoms with van der Waals surface area (Å²) in [5, 5.41) is 11.4. The zero-order valence-corrected chi connectivity index (χ0v) is 17.7. The van der Waals surface area contributed by atoms with Gasteiger partial charge in [0, 0.05) is 12.3 Å². The second kappa shape index (κ2) is 8.30. The van der Waals surface area contributed by atoms with Gasteiger partial charge in [-0.1, -0.05) is 6.07 Å². The van der Waals surface area contributed by atoms with Gasteiger partial charge in [0.25, 0.3) is 23.4 Å². The molecule has 0 N–H and O–H groups in total. The second-order valence-electron chi connectivity index (χ2n) is 6.72. The summed E-state index contributed by atoms with van der Waals surface area (Å²) >= 11 is 0. The third-order valence-electron chi connectivity index (χ3n) is 4.58. The lowest BCUT2D eigenvalue weighted by atomic mass is 10.1. The second-order valence-corrected chi connectivity index (χ2v) is 8.91. The number of fused-ring (bicyclic) bond motifs is 1. The van der Waals surface area contributed by atoms with E-state index in [0.29, 0.717) is 4.90 Å². The summed E-state index contributed by atoms with van der Waals surface area (Å²) in [5.41, 5.74) is -1.02. The van der Waals surface area contributed by atoms with Gasteiger partial charge in [0.15, 0.2) is 5.75 Å². The van der Waals surface area contributed by atoms with Gasteiger partial charge in [-0.3, -0.25) is 24.6 Å². The Kier molecular flexibility index (Phi) is 5.93. The molecule has 2 aromatic rings. The third kappa shape index (κ3) is 4.19. The van der Waals surface area contributed by atoms with Crippen molar-refractivity contribution in [3.8, 4) is 11.6 Å². The number of sulfone groups is 1. The van der Waals surface area contributed by atoms with Gasteiger partial charge in [0.05, 0.1) is 41.7 Å². The number of methoxy groups -OCH3 is 1. The van der Waals surface area contributed by atoms with Crippen molar-refractivity contribution in [1.29, 1.82) is 0 Å². The Bertz CT molecular complexity index is 1180. The number of nitro groups is 1. The molecule has 1 aliphatic rings.